The van der Waals surface area contributed by atoms with Crippen molar-refractivity contribution >= 4 is 26.1 Å². The smallest absolute Gasteiger partial charge is 0.310 e. The summed E-state index contributed by atoms with van der Waals surface area (Å²) in [5, 5.41) is 0. The van der Waals surface area contributed by atoms with E-state index in [0.717, 1.165) is 0 Å². The molecule has 0 aromatic heterocycles. The molecule has 1 atom stereocenters. The van der Waals surface area contributed by atoms with Crippen LogP contribution in [0.1, 0.15) is 0 Å². The van der Waals surface area contributed by atoms with E-state index in [4.69, 9.17) is 28.4 Å². The van der Waals surface area contributed by atoms with Gasteiger partial charge in [0.15, 0.2) is 0 Å². The zero-order chi connectivity index (χ0) is 8.12. The normalized spacial score (nSPS) is 6.30. The molecule has 0 aliphatic heterocycles. The van der Waals surface area contributed by atoms with E-state index in [1.807, 2.05) is 0 Å². The summed E-state index contributed by atoms with van der Waals surface area (Å²) < 4.78 is 25.4. The van der Waals surface area contributed by atoms with E-state index in [1.165, 1.54) is 0 Å². The van der Waals surface area contributed by atoms with Gasteiger partial charge in [-0.2, -0.15) is 4.89 Å². The van der Waals surface area contributed by atoms with Crippen LogP contribution in [-0.4, -0.2) is 14.7 Å². The van der Waals surface area contributed by atoms with Crippen molar-refractivity contribution in [1.82, 2.24) is 0 Å². The molecule has 3 N–H and O–H groups in total. The molecule has 0 heterocycles. The zero-order valence-electron chi connectivity index (χ0n) is 4.67. The maximum absolute atomic E-state index is 8.51. The topological polar surface area (TPSA) is 112 Å². The molecule has 0 aliphatic rings. The molecule has 0 spiro atoms. The summed E-state index contributed by atoms with van der Waals surface area (Å²) in [6.45, 7) is 0. The van der Waals surface area contributed by atoms with Crippen molar-refractivity contribution in [3.05, 3.63) is 0 Å². The van der Waals surface area contributed by atoms with Crippen LogP contribution in [0.3, 0.4) is 0 Å². The van der Waals surface area contributed by atoms with Crippen molar-refractivity contribution in [2.75, 3.05) is 0 Å². The minimum absolute atomic E-state index is 0. The molecule has 0 bridgehead atoms. The first-order chi connectivity index (χ1) is 4.24. The maximum Gasteiger partial charge on any atom is 2.00 e. The molecule has 10 heavy (non-hydrogen) atoms. The Kier molecular flexibility index (Phi) is 118. The molecule has 0 aromatic rings. The molecule has 0 fully saturated rings. The number of rotatable bonds is 0. The van der Waals surface area contributed by atoms with E-state index in [1.54, 1.807) is 0 Å². The molecule has 0 saturated carbocycles. The van der Waals surface area contributed by atoms with Crippen molar-refractivity contribution in [3.8, 4) is 0 Å². The second-order valence-electron chi connectivity index (χ2n) is 0.255. The fraction of sp³-hybridized carbons (Fsp3) is 0. The van der Waals surface area contributed by atoms with Gasteiger partial charge in [-0.15, -0.1) is 0 Å². The summed E-state index contributed by atoms with van der Waals surface area (Å²) >= 11 is 0. The van der Waals surface area contributed by atoms with E-state index in [0.29, 0.717) is 0 Å². The Hall–Kier alpha value is 0.803. The van der Waals surface area contributed by atoms with Crippen LogP contribution in [0.15, 0.2) is 0 Å². The summed E-state index contributed by atoms with van der Waals surface area (Å²) in [6.07, 6.45) is 0. The predicted octanol–water partition coefficient (Wildman–Crippen LogP) is 0.286. The van der Waals surface area contributed by atoms with E-state index in [9.17, 15) is 0 Å². The molecule has 6 nitrogen and oxygen atoms in total. The molecule has 0 aliphatic carbocycles. The van der Waals surface area contributed by atoms with Gasteiger partial charge < -0.3 is 9.79 Å². The summed E-state index contributed by atoms with van der Waals surface area (Å²) in [7, 11) is -2.83. The van der Waals surface area contributed by atoms with E-state index in [2.05, 4.69) is 0 Å². The van der Waals surface area contributed by atoms with E-state index >= 15 is 0 Å². The Morgan fingerprint density at radius 1 is 1.10 bits per heavy atom. The van der Waals surface area contributed by atoms with Crippen molar-refractivity contribution in [2.24, 2.45) is 0 Å². The van der Waals surface area contributed by atoms with Gasteiger partial charge in [0.05, 0.1) is 0 Å². The standard InChI is InChI=1S/3HO2P.Zn/c3*1-3-2;/h2*(H,1,2);3H;/q;;;+2/p+1. The van der Waals surface area contributed by atoms with Crippen molar-refractivity contribution in [3.63, 3.8) is 0 Å². The quantitative estimate of drug-likeness (QED) is 0.425. The first-order valence-electron chi connectivity index (χ1n) is 1.19. The van der Waals surface area contributed by atoms with Gasteiger partial charge in [-0.3, -0.25) is 0 Å². The van der Waals surface area contributed by atoms with Crippen molar-refractivity contribution in [2.45, 2.75) is 0 Å². The second-order valence-corrected chi connectivity index (χ2v) is 0.764. The van der Waals surface area contributed by atoms with Gasteiger partial charge in [0.1, 0.15) is 0 Å². The number of hydrogen-bond acceptors (Lipinski definition) is 3. The van der Waals surface area contributed by atoms with Crippen LogP contribution in [0.2, 0.25) is 0 Å². The van der Waals surface area contributed by atoms with Crippen LogP contribution in [0.5, 0.6) is 0 Å². The minimum atomic E-state index is -1.17. The fourth-order valence-electron chi connectivity index (χ4n) is 0. The van der Waals surface area contributed by atoms with E-state index in [-0.39, 0.29) is 19.5 Å². The van der Waals surface area contributed by atoms with Crippen molar-refractivity contribution < 1.29 is 47.9 Å². The molecule has 0 saturated heterocycles. The molecule has 0 aromatic carbocycles. The Morgan fingerprint density at radius 2 is 1.10 bits per heavy atom. The van der Waals surface area contributed by atoms with Crippen LogP contribution >= 0.6 is 26.1 Å². The second kappa shape index (κ2) is 52.5. The molecule has 0 radical (unpaired) electrons. The van der Waals surface area contributed by atoms with Gasteiger partial charge in [0, 0.05) is 0 Å². The van der Waals surface area contributed by atoms with Gasteiger partial charge >= 0.3 is 45.5 Å². The van der Waals surface area contributed by atoms with Crippen LogP contribution in [-0.2, 0) is 33.2 Å². The number of hydrogen-bond donors (Lipinski definition) is 3. The summed E-state index contributed by atoms with van der Waals surface area (Å²) in [6, 6.07) is 0. The monoisotopic (exact) mass is 257 g/mol. The summed E-state index contributed by atoms with van der Waals surface area (Å²) in [5.74, 6) is 0. The Balaban J connectivity index is -0.0000000257. The third-order valence-corrected chi connectivity index (χ3v) is 0. The molecule has 1 unspecified atom stereocenters. The first kappa shape index (κ1) is 22.4. The summed E-state index contributed by atoms with van der Waals surface area (Å²) in [5.41, 5.74) is 0. The van der Waals surface area contributed by atoms with Gasteiger partial charge in [-0.05, 0) is 4.57 Å². The molecule has 0 rings (SSSR count). The van der Waals surface area contributed by atoms with Gasteiger partial charge in [-0.25, -0.2) is 9.13 Å². The van der Waals surface area contributed by atoms with Crippen molar-refractivity contribution in [1.29, 1.82) is 0 Å². The van der Waals surface area contributed by atoms with E-state index < -0.39 is 26.1 Å². The molecule has 10 heteroatoms. The third-order valence-electron chi connectivity index (χ3n) is 0. The van der Waals surface area contributed by atoms with Crippen LogP contribution in [0.4, 0.5) is 0 Å². The molecule has 54 valence electrons. The average Bonchev–Trinajstić information content (AvgIpc) is 1.70. The third kappa shape index (κ3) is 831. The van der Waals surface area contributed by atoms with Crippen LogP contribution in [0.25, 0.3) is 0 Å². The zero-order valence-corrected chi connectivity index (χ0v) is 10.4. The minimum Gasteiger partial charge on any atom is -0.310 e. The Bertz CT molecular complexity index is 49.7. The fourth-order valence-corrected chi connectivity index (χ4v) is 0. The Labute approximate surface area is 74.3 Å². The maximum atomic E-state index is 8.51. The Morgan fingerprint density at radius 3 is 1.10 bits per heavy atom. The van der Waals surface area contributed by atoms with Gasteiger partial charge in [0.2, 0.25) is 0 Å². The largest absolute Gasteiger partial charge is 2.00 e. The first-order valence-corrected chi connectivity index (χ1v) is 3.58. The molecular formula is H4O6P3Zn+3. The summed E-state index contributed by atoms with van der Waals surface area (Å²) in [4.78, 5) is 21.0. The predicted molar refractivity (Wildman–Crippen MR) is 30.9 cm³/mol. The van der Waals surface area contributed by atoms with Crippen LogP contribution in [0, 0.1) is 0 Å². The van der Waals surface area contributed by atoms with Crippen LogP contribution < -0.4 is 0 Å². The molecular weight excluding hydrogens is 254 g/mol. The SMILES string of the molecule is O=PO.O=PO.O=[PH+]O.[Zn+2]. The van der Waals surface area contributed by atoms with Gasteiger partial charge in [0.25, 0.3) is 0 Å². The molecule has 0 amide bonds. The average molecular weight is 258 g/mol. The van der Waals surface area contributed by atoms with Gasteiger partial charge in [-0.1, -0.05) is 0 Å².